The topological polar surface area (TPSA) is 67.3 Å². The van der Waals surface area contributed by atoms with Gasteiger partial charge in [0.25, 0.3) is 5.91 Å². The van der Waals surface area contributed by atoms with Gasteiger partial charge in [-0.2, -0.15) is 4.39 Å². The number of likely N-dealkylation sites (N-methyl/N-ethyl adjacent to an activating group) is 1. The number of nitrogens with zero attached hydrogens (tertiary/aromatic N) is 4. The van der Waals surface area contributed by atoms with E-state index in [2.05, 4.69) is 15.0 Å². The van der Waals surface area contributed by atoms with Gasteiger partial charge in [-0.3, -0.25) is 9.69 Å². The number of rotatable bonds is 7. The zero-order chi connectivity index (χ0) is 27.6. The molecular formula is C29H29F3N4O3. The molecule has 0 saturated carbocycles. The predicted octanol–water partition coefficient (Wildman–Crippen LogP) is 4.38. The lowest BCUT2D eigenvalue weighted by Gasteiger charge is -2.39. The van der Waals surface area contributed by atoms with Crippen molar-refractivity contribution < 1.29 is 27.5 Å². The largest absolute Gasteiger partial charge is 0.385 e. The van der Waals surface area contributed by atoms with Gasteiger partial charge < -0.3 is 14.5 Å². The number of likely N-dealkylation sites (tertiary alicyclic amines) is 1. The van der Waals surface area contributed by atoms with Crippen molar-refractivity contribution in [1.82, 2.24) is 14.8 Å². The minimum absolute atomic E-state index is 0.281. The highest BCUT2D eigenvalue weighted by Gasteiger charge is 2.43. The maximum absolute atomic E-state index is 14.0. The Morgan fingerprint density at radius 1 is 1.05 bits per heavy atom. The Hall–Kier alpha value is -3.76. The third kappa shape index (κ3) is 5.81. The molecule has 3 aromatic rings. The summed E-state index contributed by atoms with van der Waals surface area (Å²) in [5.41, 5.74) is 3.78. The lowest BCUT2D eigenvalue weighted by Crippen LogP contribution is -2.42. The number of piperidine rings is 1. The van der Waals surface area contributed by atoms with E-state index in [0.717, 1.165) is 61.3 Å². The number of hydrogen-bond donors (Lipinski definition) is 0. The Kier molecular flexibility index (Phi) is 7.67. The summed E-state index contributed by atoms with van der Waals surface area (Å²) in [6.45, 7) is 2.47. The summed E-state index contributed by atoms with van der Waals surface area (Å²) in [5, 5.41) is 4.09. The van der Waals surface area contributed by atoms with Crippen LogP contribution in [0.1, 0.15) is 40.7 Å². The van der Waals surface area contributed by atoms with Gasteiger partial charge >= 0.3 is 0 Å². The van der Waals surface area contributed by atoms with Gasteiger partial charge in [-0.05, 0) is 48.2 Å². The second-order valence-corrected chi connectivity index (χ2v) is 10.1. The van der Waals surface area contributed by atoms with Crippen LogP contribution in [0.2, 0.25) is 0 Å². The van der Waals surface area contributed by atoms with Crippen LogP contribution in [0, 0.1) is 17.6 Å². The van der Waals surface area contributed by atoms with Crippen LogP contribution >= 0.6 is 0 Å². The lowest BCUT2D eigenvalue weighted by molar-refractivity contribution is -0.133. The number of carbonyl (C=O) groups is 1. The highest BCUT2D eigenvalue weighted by Crippen LogP contribution is 2.44. The van der Waals surface area contributed by atoms with Crippen molar-refractivity contribution >= 4 is 11.6 Å². The molecule has 0 unspecified atom stereocenters. The van der Waals surface area contributed by atoms with Gasteiger partial charge in [0.1, 0.15) is 5.71 Å². The van der Waals surface area contributed by atoms with Gasteiger partial charge in [0.2, 0.25) is 5.95 Å². The number of ether oxygens (including phenoxy) is 1. The Bertz CT molecular complexity index is 1390. The van der Waals surface area contributed by atoms with Crippen LogP contribution in [0.15, 0.2) is 59.9 Å². The molecule has 0 radical (unpaired) electrons. The third-order valence-corrected chi connectivity index (χ3v) is 7.28. The highest BCUT2D eigenvalue weighted by molar-refractivity contribution is 6.12. The molecule has 1 spiro atoms. The Morgan fingerprint density at radius 2 is 1.77 bits per heavy atom. The molecule has 0 atom stereocenters. The van der Waals surface area contributed by atoms with Crippen molar-refractivity contribution in [2.45, 2.75) is 31.6 Å². The van der Waals surface area contributed by atoms with Crippen molar-refractivity contribution in [1.29, 1.82) is 0 Å². The van der Waals surface area contributed by atoms with E-state index in [1.165, 1.54) is 17.0 Å². The molecule has 0 bridgehead atoms. The van der Waals surface area contributed by atoms with E-state index in [0.29, 0.717) is 17.7 Å². The van der Waals surface area contributed by atoms with E-state index in [-0.39, 0.29) is 18.2 Å². The van der Waals surface area contributed by atoms with Crippen molar-refractivity contribution in [3.8, 4) is 0 Å². The van der Waals surface area contributed by atoms with E-state index >= 15 is 0 Å². The lowest BCUT2D eigenvalue weighted by atomic mass is 9.84. The summed E-state index contributed by atoms with van der Waals surface area (Å²) in [4.78, 5) is 24.7. The second-order valence-electron chi connectivity index (χ2n) is 10.1. The smallest absolute Gasteiger partial charge is 0.262 e. The molecule has 5 rings (SSSR count). The van der Waals surface area contributed by atoms with Gasteiger partial charge in [-0.15, -0.1) is 0 Å². The number of aromatic nitrogens is 1. The van der Waals surface area contributed by atoms with E-state index in [4.69, 9.17) is 9.57 Å². The molecule has 3 heterocycles. The Morgan fingerprint density at radius 3 is 2.46 bits per heavy atom. The summed E-state index contributed by atoms with van der Waals surface area (Å²) in [6.07, 6.45) is 3.20. The molecule has 0 N–H and O–H groups in total. The van der Waals surface area contributed by atoms with E-state index in [1.54, 1.807) is 20.3 Å². The van der Waals surface area contributed by atoms with Gasteiger partial charge in [-0.25, -0.2) is 13.8 Å². The number of halogens is 3. The molecule has 10 heteroatoms. The molecular weight excluding hydrogens is 509 g/mol. The van der Waals surface area contributed by atoms with E-state index < -0.39 is 23.2 Å². The predicted molar refractivity (Wildman–Crippen MR) is 138 cm³/mol. The van der Waals surface area contributed by atoms with Gasteiger partial charge in [-0.1, -0.05) is 29.4 Å². The highest BCUT2D eigenvalue weighted by atomic mass is 19.2. The average Bonchev–Trinajstić information content (AvgIpc) is 3.27. The standard InChI is InChI=1S/C29H29F3N4O3/c1-35(2)27(37)18-39-34-28(21-7-8-24(30)25(31)13-21)20-5-3-19(4-6-20)16-36-11-9-29(10-12-36)23-15-33-26(32)14-22(23)17-38-29/h3-8,13-15H,9-12,16-18H2,1-2H3. The van der Waals surface area contributed by atoms with Crippen LogP contribution < -0.4 is 0 Å². The summed E-state index contributed by atoms with van der Waals surface area (Å²) < 4.78 is 47.2. The number of fused-ring (bicyclic) bond motifs is 2. The zero-order valence-corrected chi connectivity index (χ0v) is 21.8. The van der Waals surface area contributed by atoms with Crippen LogP contribution in [0.4, 0.5) is 13.2 Å². The van der Waals surface area contributed by atoms with Crippen molar-refractivity contribution in [3.63, 3.8) is 0 Å². The van der Waals surface area contributed by atoms with E-state index in [9.17, 15) is 18.0 Å². The molecule has 2 aliphatic heterocycles. The minimum Gasteiger partial charge on any atom is -0.385 e. The van der Waals surface area contributed by atoms with Gasteiger partial charge in [0, 0.05) is 56.6 Å². The fourth-order valence-electron chi connectivity index (χ4n) is 5.00. The van der Waals surface area contributed by atoms with Crippen LogP contribution in [0.5, 0.6) is 0 Å². The molecule has 39 heavy (non-hydrogen) atoms. The Balaban J connectivity index is 1.27. The first-order valence-corrected chi connectivity index (χ1v) is 12.7. The molecule has 0 aliphatic carbocycles. The average molecular weight is 539 g/mol. The number of pyridine rings is 1. The molecule has 1 saturated heterocycles. The summed E-state index contributed by atoms with van der Waals surface area (Å²) in [6, 6.07) is 12.5. The number of carbonyl (C=O) groups excluding carboxylic acids is 1. The molecule has 1 amide bonds. The molecule has 204 valence electrons. The molecule has 1 aromatic heterocycles. The van der Waals surface area contributed by atoms with Crippen LogP contribution in [-0.2, 0) is 33.1 Å². The van der Waals surface area contributed by atoms with Crippen molar-refractivity contribution in [2.75, 3.05) is 33.8 Å². The Labute approximate surface area is 224 Å². The third-order valence-electron chi connectivity index (χ3n) is 7.28. The van der Waals surface area contributed by atoms with Crippen LogP contribution in [-0.4, -0.2) is 60.2 Å². The second kappa shape index (κ2) is 11.2. The quantitative estimate of drug-likeness (QED) is 0.254. The zero-order valence-electron chi connectivity index (χ0n) is 21.8. The summed E-state index contributed by atoms with van der Waals surface area (Å²) in [7, 11) is 3.20. The van der Waals surface area contributed by atoms with Crippen molar-refractivity contribution in [3.05, 3.63) is 100 Å². The maximum Gasteiger partial charge on any atom is 0.262 e. The molecule has 1 fully saturated rings. The SMILES string of the molecule is CN(C)C(=O)CON=C(c1ccc(CN2CCC3(CC2)OCc2cc(F)ncc23)cc1)c1ccc(F)c(F)c1. The first kappa shape index (κ1) is 26.8. The number of benzene rings is 2. The molecule has 2 aromatic carbocycles. The van der Waals surface area contributed by atoms with Gasteiger partial charge in [0.15, 0.2) is 18.2 Å². The fraction of sp³-hybridized carbons (Fsp3) is 0.345. The fourth-order valence-corrected chi connectivity index (χ4v) is 5.00. The van der Waals surface area contributed by atoms with E-state index in [1.807, 2.05) is 24.3 Å². The number of amides is 1. The molecule has 7 nitrogen and oxygen atoms in total. The van der Waals surface area contributed by atoms with Crippen LogP contribution in [0.25, 0.3) is 0 Å². The van der Waals surface area contributed by atoms with Crippen molar-refractivity contribution in [2.24, 2.45) is 5.16 Å². The summed E-state index contributed by atoms with van der Waals surface area (Å²) >= 11 is 0. The van der Waals surface area contributed by atoms with Gasteiger partial charge in [0.05, 0.1) is 12.2 Å². The first-order chi connectivity index (χ1) is 18.7. The normalized spacial score (nSPS) is 16.8. The number of oxime groups is 1. The minimum atomic E-state index is -1.00. The number of hydrogen-bond acceptors (Lipinski definition) is 6. The summed E-state index contributed by atoms with van der Waals surface area (Å²) in [5.74, 6) is -2.73. The first-order valence-electron chi connectivity index (χ1n) is 12.7. The van der Waals surface area contributed by atoms with Crippen LogP contribution in [0.3, 0.4) is 0 Å². The monoisotopic (exact) mass is 538 g/mol. The maximum atomic E-state index is 14.0. The molecule has 2 aliphatic rings.